The summed E-state index contributed by atoms with van der Waals surface area (Å²) >= 11 is 0. The summed E-state index contributed by atoms with van der Waals surface area (Å²) < 4.78 is 20.6. The van der Waals surface area contributed by atoms with Crippen LogP contribution in [0.25, 0.3) is 16.5 Å². The van der Waals surface area contributed by atoms with E-state index in [1.807, 2.05) is 12.1 Å². The van der Waals surface area contributed by atoms with Crippen LogP contribution < -0.4 is 10.3 Å². The van der Waals surface area contributed by atoms with Crippen LogP contribution in [-0.2, 0) is 6.42 Å². The smallest absolute Gasteiger partial charge is 0.282 e. The predicted octanol–water partition coefficient (Wildman–Crippen LogP) is 2.46. The Morgan fingerprint density at radius 3 is 3.05 bits per heavy atom. The monoisotopic (exact) mass is 282 g/mol. The fraction of sp³-hybridized carbons (Fsp3) is 0.125. The van der Waals surface area contributed by atoms with Crippen molar-refractivity contribution in [1.29, 1.82) is 0 Å². The van der Waals surface area contributed by atoms with Crippen LogP contribution >= 0.6 is 0 Å². The average Bonchev–Trinajstić information content (AvgIpc) is 2.95. The molecule has 3 aromatic rings. The van der Waals surface area contributed by atoms with Gasteiger partial charge in [-0.25, -0.2) is 4.39 Å². The normalized spacial score (nSPS) is 13.2. The molecule has 0 amide bonds. The Bertz CT molecular complexity index is 918. The Morgan fingerprint density at radius 1 is 1.24 bits per heavy atom. The van der Waals surface area contributed by atoms with Crippen LogP contribution in [0.15, 0.2) is 47.4 Å². The molecule has 0 spiro atoms. The lowest BCUT2D eigenvalue weighted by Crippen LogP contribution is -2.21. The van der Waals surface area contributed by atoms with Gasteiger partial charge in [0.05, 0.1) is 23.9 Å². The molecule has 2 heterocycles. The maximum atomic E-state index is 13.9. The van der Waals surface area contributed by atoms with Crippen LogP contribution in [0.4, 0.5) is 4.39 Å². The maximum Gasteiger partial charge on any atom is 0.282 e. The SMILES string of the molecule is O=c1c2c(F)cccc2cnn1-c1ccc2c(c1)CCO2. The summed E-state index contributed by atoms with van der Waals surface area (Å²) in [4.78, 5) is 12.5. The van der Waals surface area contributed by atoms with Gasteiger partial charge in [-0.15, -0.1) is 0 Å². The Morgan fingerprint density at radius 2 is 2.14 bits per heavy atom. The van der Waals surface area contributed by atoms with E-state index in [1.165, 1.54) is 16.9 Å². The molecule has 0 saturated heterocycles. The van der Waals surface area contributed by atoms with Crippen LogP contribution in [0.1, 0.15) is 5.56 Å². The molecule has 2 aromatic carbocycles. The summed E-state index contributed by atoms with van der Waals surface area (Å²) in [7, 11) is 0. The molecule has 0 aliphatic carbocycles. The summed E-state index contributed by atoms with van der Waals surface area (Å²) in [6.07, 6.45) is 2.31. The molecule has 1 aliphatic heterocycles. The molecule has 0 fully saturated rings. The summed E-state index contributed by atoms with van der Waals surface area (Å²) in [6.45, 7) is 0.646. The zero-order valence-corrected chi connectivity index (χ0v) is 11.0. The quantitative estimate of drug-likeness (QED) is 0.688. The highest BCUT2D eigenvalue weighted by atomic mass is 19.1. The molecule has 0 bridgehead atoms. The molecule has 21 heavy (non-hydrogen) atoms. The fourth-order valence-electron chi connectivity index (χ4n) is 2.64. The fourth-order valence-corrected chi connectivity index (χ4v) is 2.64. The Kier molecular flexibility index (Phi) is 2.54. The molecule has 0 unspecified atom stereocenters. The van der Waals surface area contributed by atoms with Gasteiger partial charge in [0.1, 0.15) is 11.6 Å². The van der Waals surface area contributed by atoms with Crippen molar-refractivity contribution in [2.45, 2.75) is 6.42 Å². The zero-order valence-electron chi connectivity index (χ0n) is 11.0. The standard InChI is InChI=1S/C16H11FN2O2/c17-13-3-1-2-11-9-18-19(16(20)15(11)13)12-4-5-14-10(8-12)6-7-21-14/h1-5,8-9H,6-7H2. The number of nitrogens with zero attached hydrogens (tertiary/aromatic N) is 2. The second-order valence-corrected chi connectivity index (χ2v) is 4.96. The minimum atomic E-state index is -0.529. The number of rotatable bonds is 1. The van der Waals surface area contributed by atoms with E-state index in [0.29, 0.717) is 17.7 Å². The Balaban J connectivity index is 1.97. The first-order valence-corrected chi connectivity index (χ1v) is 6.67. The van der Waals surface area contributed by atoms with Gasteiger partial charge in [-0.1, -0.05) is 12.1 Å². The molecule has 4 nitrogen and oxygen atoms in total. The van der Waals surface area contributed by atoms with Crippen molar-refractivity contribution >= 4 is 10.8 Å². The molecule has 0 saturated carbocycles. The highest BCUT2D eigenvalue weighted by molar-refractivity contribution is 5.81. The van der Waals surface area contributed by atoms with Gasteiger partial charge in [0.2, 0.25) is 0 Å². The first kappa shape index (κ1) is 12.1. The van der Waals surface area contributed by atoms with Gasteiger partial charge in [-0.3, -0.25) is 4.79 Å². The van der Waals surface area contributed by atoms with Crippen molar-refractivity contribution in [3.63, 3.8) is 0 Å². The van der Waals surface area contributed by atoms with Crippen molar-refractivity contribution < 1.29 is 9.13 Å². The Hall–Kier alpha value is -2.69. The molecule has 0 atom stereocenters. The number of ether oxygens (including phenoxy) is 1. The van der Waals surface area contributed by atoms with E-state index < -0.39 is 11.4 Å². The van der Waals surface area contributed by atoms with Gasteiger partial charge >= 0.3 is 0 Å². The van der Waals surface area contributed by atoms with Crippen molar-refractivity contribution in [3.05, 3.63) is 64.3 Å². The molecular formula is C16H11FN2O2. The third kappa shape index (κ3) is 1.81. The third-order valence-corrected chi connectivity index (χ3v) is 3.68. The van der Waals surface area contributed by atoms with E-state index in [4.69, 9.17) is 4.74 Å². The van der Waals surface area contributed by atoms with Crippen LogP contribution in [0.5, 0.6) is 5.75 Å². The van der Waals surface area contributed by atoms with Crippen LogP contribution in [-0.4, -0.2) is 16.4 Å². The third-order valence-electron chi connectivity index (χ3n) is 3.68. The van der Waals surface area contributed by atoms with Crippen LogP contribution in [0.3, 0.4) is 0 Å². The second kappa shape index (κ2) is 4.41. The second-order valence-electron chi connectivity index (χ2n) is 4.96. The van der Waals surface area contributed by atoms with Gasteiger partial charge in [-0.2, -0.15) is 9.78 Å². The first-order valence-electron chi connectivity index (χ1n) is 6.67. The lowest BCUT2D eigenvalue weighted by Gasteiger charge is -2.07. The minimum Gasteiger partial charge on any atom is -0.493 e. The Labute approximate surface area is 119 Å². The number of hydrogen-bond donors (Lipinski definition) is 0. The zero-order chi connectivity index (χ0) is 14.4. The van der Waals surface area contributed by atoms with Crippen molar-refractivity contribution in [1.82, 2.24) is 9.78 Å². The van der Waals surface area contributed by atoms with Gasteiger partial charge in [0, 0.05) is 11.8 Å². The van der Waals surface area contributed by atoms with E-state index >= 15 is 0 Å². The topological polar surface area (TPSA) is 44.1 Å². The molecule has 104 valence electrons. The molecule has 5 heteroatoms. The maximum absolute atomic E-state index is 13.9. The number of fused-ring (bicyclic) bond motifs is 2. The number of hydrogen-bond acceptors (Lipinski definition) is 3. The lowest BCUT2D eigenvalue weighted by atomic mass is 10.1. The minimum absolute atomic E-state index is 0.0595. The molecule has 4 rings (SSSR count). The molecule has 0 N–H and O–H groups in total. The van der Waals surface area contributed by atoms with Gasteiger partial charge in [0.25, 0.3) is 5.56 Å². The van der Waals surface area contributed by atoms with Crippen LogP contribution in [0.2, 0.25) is 0 Å². The number of halogens is 1. The molecule has 0 radical (unpaired) electrons. The van der Waals surface area contributed by atoms with Crippen LogP contribution in [0, 0.1) is 5.82 Å². The predicted molar refractivity (Wildman–Crippen MR) is 76.5 cm³/mol. The van der Waals surface area contributed by atoms with Gasteiger partial charge < -0.3 is 4.74 Å². The average molecular weight is 282 g/mol. The van der Waals surface area contributed by atoms with E-state index in [9.17, 15) is 9.18 Å². The van der Waals surface area contributed by atoms with E-state index in [1.54, 1.807) is 18.2 Å². The summed E-state index contributed by atoms with van der Waals surface area (Å²) in [6, 6.07) is 9.96. The summed E-state index contributed by atoms with van der Waals surface area (Å²) in [5.74, 6) is 0.303. The lowest BCUT2D eigenvalue weighted by molar-refractivity contribution is 0.357. The van der Waals surface area contributed by atoms with Crippen molar-refractivity contribution in [2.75, 3.05) is 6.61 Å². The van der Waals surface area contributed by atoms with E-state index in [-0.39, 0.29) is 5.39 Å². The number of aromatic nitrogens is 2. The highest BCUT2D eigenvalue weighted by Crippen LogP contribution is 2.26. The summed E-state index contributed by atoms with van der Waals surface area (Å²) in [5.41, 5.74) is 1.20. The highest BCUT2D eigenvalue weighted by Gasteiger charge is 2.15. The molecule has 1 aromatic heterocycles. The first-order chi connectivity index (χ1) is 10.2. The van der Waals surface area contributed by atoms with Gasteiger partial charge in [-0.05, 0) is 29.8 Å². The van der Waals surface area contributed by atoms with E-state index in [2.05, 4.69) is 5.10 Å². The largest absolute Gasteiger partial charge is 0.493 e. The van der Waals surface area contributed by atoms with Crippen molar-refractivity contribution in [2.24, 2.45) is 0 Å². The summed E-state index contributed by atoms with van der Waals surface area (Å²) in [5, 5.41) is 4.70. The molecule has 1 aliphatic rings. The molecular weight excluding hydrogens is 271 g/mol. The van der Waals surface area contributed by atoms with E-state index in [0.717, 1.165) is 17.7 Å². The number of benzene rings is 2. The van der Waals surface area contributed by atoms with Gasteiger partial charge in [0.15, 0.2) is 0 Å². The van der Waals surface area contributed by atoms with Crippen molar-refractivity contribution in [3.8, 4) is 11.4 Å².